The van der Waals surface area contributed by atoms with E-state index in [2.05, 4.69) is 23.7 Å². The quantitative estimate of drug-likeness (QED) is 0.565. The van der Waals surface area contributed by atoms with Crippen LogP contribution < -0.4 is 0 Å². The summed E-state index contributed by atoms with van der Waals surface area (Å²) in [4.78, 5) is 8.34. The van der Waals surface area contributed by atoms with Crippen LogP contribution in [0.3, 0.4) is 0 Å². The van der Waals surface area contributed by atoms with Crippen LogP contribution in [0.5, 0.6) is 0 Å². The summed E-state index contributed by atoms with van der Waals surface area (Å²) in [5.41, 5.74) is 0. The zero-order chi connectivity index (χ0) is 7.56. The van der Waals surface area contributed by atoms with Gasteiger partial charge in [0.05, 0.1) is 0 Å². The molecule has 52 valence electrons. The summed E-state index contributed by atoms with van der Waals surface area (Å²) >= 11 is 1.48. The third-order valence-electron chi connectivity index (χ3n) is 1.18. The molecule has 0 atom stereocenters. The van der Waals surface area contributed by atoms with Gasteiger partial charge in [-0.2, -0.15) is 0 Å². The van der Waals surface area contributed by atoms with Gasteiger partial charge in [-0.05, 0) is 5.92 Å². The first-order valence-electron chi connectivity index (χ1n) is 3.07. The minimum absolute atomic E-state index is 0.494. The summed E-state index contributed by atoms with van der Waals surface area (Å²) in [7, 11) is 0. The van der Waals surface area contributed by atoms with Crippen LogP contribution in [0.4, 0.5) is 5.13 Å². The van der Waals surface area contributed by atoms with E-state index in [0.717, 1.165) is 0 Å². The van der Waals surface area contributed by atoms with Crippen molar-refractivity contribution in [3.05, 3.63) is 22.5 Å². The second kappa shape index (κ2) is 2.80. The van der Waals surface area contributed by atoms with Gasteiger partial charge in [-0.15, -0.1) is 16.3 Å². The molecule has 1 aromatic heterocycles. The van der Waals surface area contributed by atoms with Crippen molar-refractivity contribution in [3.8, 4) is 0 Å². The highest BCUT2D eigenvalue weighted by Crippen LogP contribution is 2.26. The molecule has 0 unspecified atom stereocenters. The number of hydrogen-bond acceptors (Lipinski definition) is 2. The maximum atomic E-state index is 6.67. The van der Waals surface area contributed by atoms with E-state index in [1.54, 1.807) is 6.20 Å². The Morgan fingerprint density at radius 3 is 2.70 bits per heavy atom. The Hall–Kier alpha value is -0.880. The van der Waals surface area contributed by atoms with E-state index < -0.39 is 0 Å². The minimum atomic E-state index is 0.494. The van der Waals surface area contributed by atoms with E-state index in [1.807, 2.05) is 0 Å². The van der Waals surface area contributed by atoms with Gasteiger partial charge in [-0.25, -0.2) is 0 Å². The molecule has 0 saturated heterocycles. The molecule has 0 radical (unpaired) electrons. The molecule has 0 aliphatic heterocycles. The van der Waals surface area contributed by atoms with E-state index in [4.69, 9.17) is 6.57 Å². The Bertz CT molecular complexity index is 257. The smallest absolute Gasteiger partial charge is 0.329 e. The molecule has 0 aliphatic carbocycles. The second-order valence-electron chi connectivity index (χ2n) is 2.31. The molecule has 2 nitrogen and oxygen atoms in total. The third kappa shape index (κ3) is 1.34. The van der Waals surface area contributed by atoms with Gasteiger partial charge >= 0.3 is 5.13 Å². The van der Waals surface area contributed by atoms with E-state index in [1.165, 1.54) is 16.2 Å². The Morgan fingerprint density at radius 1 is 1.70 bits per heavy atom. The van der Waals surface area contributed by atoms with Crippen molar-refractivity contribution < 1.29 is 0 Å². The van der Waals surface area contributed by atoms with E-state index in [0.29, 0.717) is 11.0 Å². The monoisotopic (exact) mass is 152 g/mol. The number of rotatable bonds is 1. The number of aromatic nitrogens is 1. The highest BCUT2D eigenvalue weighted by atomic mass is 32.1. The normalized spacial score (nSPS) is 9.80. The predicted molar refractivity (Wildman–Crippen MR) is 42.5 cm³/mol. The van der Waals surface area contributed by atoms with Crippen LogP contribution in [-0.4, -0.2) is 4.98 Å². The lowest BCUT2D eigenvalue weighted by Gasteiger charge is -1.93. The molecule has 1 heterocycles. The van der Waals surface area contributed by atoms with Gasteiger partial charge in [0.15, 0.2) is 0 Å². The van der Waals surface area contributed by atoms with Crippen LogP contribution in [0, 0.1) is 6.57 Å². The summed E-state index contributed by atoms with van der Waals surface area (Å²) in [5.74, 6) is 0.494. The average Bonchev–Trinajstić information content (AvgIpc) is 2.34. The van der Waals surface area contributed by atoms with Gasteiger partial charge in [0.25, 0.3) is 0 Å². The first-order chi connectivity index (χ1) is 4.74. The van der Waals surface area contributed by atoms with E-state index in [9.17, 15) is 0 Å². The molecule has 0 amide bonds. The van der Waals surface area contributed by atoms with Crippen molar-refractivity contribution in [2.75, 3.05) is 0 Å². The summed E-state index contributed by atoms with van der Waals surface area (Å²) in [6.45, 7) is 10.9. The molecular formula is C7H8N2S. The van der Waals surface area contributed by atoms with Gasteiger partial charge in [0, 0.05) is 4.88 Å². The second-order valence-corrected chi connectivity index (χ2v) is 3.35. The molecule has 0 saturated carbocycles. The van der Waals surface area contributed by atoms with Crippen LogP contribution in [0.25, 0.3) is 4.85 Å². The molecule has 1 aromatic rings. The molecule has 10 heavy (non-hydrogen) atoms. The minimum Gasteiger partial charge on any atom is -0.351 e. The standard InChI is InChI=1S/C7H8N2S/c1-5(2)6-4-9-7(8-3)10-6/h4-5H,1-2H3. The summed E-state index contributed by atoms with van der Waals surface area (Å²) < 4.78 is 0. The van der Waals surface area contributed by atoms with Crippen LogP contribution >= 0.6 is 11.3 Å². The van der Waals surface area contributed by atoms with Gasteiger partial charge in [-0.1, -0.05) is 20.4 Å². The molecule has 0 bridgehead atoms. The number of thiazole rings is 1. The van der Waals surface area contributed by atoms with Crippen molar-refractivity contribution >= 4 is 16.5 Å². The molecule has 0 fully saturated rings. The zero-order valence-electron chi connectivity index (χ0n) is 5.96. The largest absolute Gasteiger partial charge is 0.351 e. The molecule has 0 N–H and O–H groups in total. The average molecular weight is 152 g/mol. The lowest BCUT2D eigenvalue weighted by Crippen LogP contribution is -1.77. The number of nitrogens with zero attached hydrogens (tertiary/aromatic N) is 2. The summed E-state index contributed by atoms with van der Waals surface area (Å²) in [5, 5.41) is 0.545. The Balaban J connectivity index is 2.91. The SMILES string of the molecule is [C-]#[N+]c1ncc(C(C)C)s1. The van der Waals surface area contributed by atoms with Crippen LogP contribution in [-0.2, 0) is 0 Å². The molecule has 0 aliphatic rings. The molecule has 3 heteroatoms. The Labute approximate surface area is 64.4 Å². The van der Waals surface area contributed by atoms with Crippen LogP contribution in [0.1, 0.15) is 24.6 Å². The Kier molecular flexibility index (Phi) is 2.03. The van der Waals surface area contributed by atoms with Gasteiger partial charge in [0.2, 0.25) is 0 Å². The van der Waals surface area contributed by atoms with Crippen molar-refractivity contribution in [2.24, 2.45) is 0 Å². The van der Waals surface area contributed by atoms with E-state index in [-0.39, 0.29) is 0 Å². The van der Waals surface area contributed by atoms with E-state index >= 15 is 0 Å². The van der Waals surface area contributed by atoms with Gasteiger partial charge in [0.1, 0.15) is 6.20 Å². The Morgan fingerprint density at radius 2 is 2.40 bits per heavy atom. The van der Waals surface area contributed by atoms with Crippen LogP contribution in [0.15, 0.2) is 6.20 Å². The predicted octanol–water partition coefficient (Wildman–Crippen LogP) is 2.82. The summed E-state index contributed by atoms with van der Waals surface area (Å²) in [6.07, 6.45) is 1.78. The van der Waals surface area contributed by atoms with Crippen molar-refractivity contribution in [3.63, 3.8) is 0 Å². The highest BCUT2D eigenvalue weighted by molar-refractivity contribution is 7.15. The first-order valence-corrected chi connectivity index (χ1v) is 3.89. The fourth-order valence-corrected chi connectivity index (χ4v) is 1.30. The van der Waals surface area contributed by atoms with Gasteiger partial charge in [-0.3, -0.25) is 0 Å². The van der Waals surface area contributed by atoms with Crippen molar-refractivity contribution in [2.45, 2.75) is 19.8 Å². The highest BCUT2D eigenvalue weighted by Gasteiger charge is 2.05. The maximum absolute atomic E-state index is 6.67. The third-order valence-corrected chi connectivity index (χ3v) is 2.37. The fourth-order valence-electron chi connectivity index (χ4n) is 0.596. The molecule has 0 aromatic carbocycles. The van der Waals surface area contributed by atoms with Crippen molar-refractivity contribution in [1.29, 1.82) is 0 Å². The lowest BCUT2D eigenvalue weighted by atomic mass is 10.2. The van der Waals surface area contributed by atoms with Crippen molar-refractivity contribution in [1.82, 2.24) is 4.98 Å². The van der Waals surface area contributed by atoms with Crippen LogP contribution in [0.2, 0.25) is 0 Å². The summed E-state index contributed by atoms with van der Waals surface area (Å²) in [6, 6.07) is 0. The lowest BCUT2D eigenvalue weighted by molar-refractivity contribution is 0.885. The molecule has 0 spiro atoms. The number of hydrogen-bond donors (Lipinski definition) is 0. The topological polar surface area (TPSA) is 17.2 Å². The fraction of sp³-hybridized carbons (Fsp3) is 0.429. The first kappa shape index (κ1) is 7.23. The molecular weight excluding hydrogens is 144 g/mol. The maximum Gasteiger partial charge on any atom is 0.329 e. The zero-order valence-corrected chi connectivity index (χ0v) is 6.77. The molecule has 1 rings (SSSR count). The van der Waals surface area contributed by atoms with Gasteiger partial charge < -0.3 is 4.85 Å².